The van der Waals surface area contributed by atoms with Crippen molar-refractivity contribution in [3.8, 4) is 0 Å². The van der Waals surface area contributed by atoms with Crippen molar-refractivity contribution in [3.63, 3.8) is 0 Å². The number of hydrogen-bond acceptors (Lipinski definition) is 3. The lowest BCUT2D eigenvalue weighted by Crippen LogP contribution is -2.04. The molecule has 0 unspecified atom stereocenters. The quantitative estimate of drug-likeness (QED) is 0.822. The smallest absolute Gasteiger partial charge is 0.131 e. The fourth-order valence-corrected chi connectivity index (χ4v) is 2.13. The molecule has 1 aliphatic carbocycles. The van der Waals surface area contributed by atoms with Gasteiger partial charge in [0.1, 0.15) is 16.3 Å². The number of benzene rings is 1. The van der Waals surface area contributed by atoms with Crippen molar-refractivity contribution < 1.29 is 0 Å². The van der Waals surface area contributed by atoms with Gasteiger partial charge < -0.3 is 10.3 Å². The van der Waals surface area contributed by atoms with E-state index in [0.29, 0.717) is 10.6 Å². The third-order valence-electron chi connectivity index (χ3n) is 3.05. The van der Waals surface area contributed by atoms with Gasteiger partial charge in [-0.2, -0.15) is 0 Å². The summed E-state index contributed by atoms with van der Waals surface area (Å²) in [6.07, 6.45) is 2.45. The first kappa shape index (κ1) is 11.4. The number of hydrogen-bond donors (Lipinski definition) is 2. The third kappa shape index (κ3) is 2.76. The summed E-state index contributed by atoms with van der Waals surface area (Å²) in [6, 6.07) is 12.2. The van der Waals surface area contributed by atoms with Gasteiger partial charge in [-0.05, 0) is 18.4 Å². The number of anilines is 1. The van der Waals surface area contributed by atoms with Gasteiger partial charge in [0.15, 0.2) is 0 Å². The maximum Gasteiger partial charge on any atom is 0.131 e. The molecule has 1 saturated carbocycles. The Bertz CT molecular complexity index is 587. The molecule has 2 aromatic rings. The molecule has 4 heteroatoms. The summed E-state index contributed by atoms with van der Waals surface area (Å²) in [5.41, 5.74) is 1.25. The number of nitrogens with one attached hydrogen (secondary N) is 2. The van der Waals surface area contributed by atoms with E-state index in [-0.39, 0.29) is 0 Å². The Balaban J connectivity index is 1.74. The van der Waals surface area contributed by atoms with E-state index in [2.05, 4.69) is 27.4 Å². The van der Waals surface area contributed by atoms with Crippen LogP contribution in [-0.2, 0) is 6.54 Å². The largest absolute Gasteiger partial charge is 0.367 e. The average molecular weight is 257 g/mol. The van der Waals surface area contributed by atoms with Crippen LogP contribution in [0.3, 0.4) is 0 Å². The number of aromatic nitrogens is 2. The molecule has 1 heterocycles. The maximum absolute atomic E-state index is 5.19. The minimum absolute atomic E-state index is 0.588. The Morgan fingerprint density at radius 1 is 1.28 bits per heavy atom. The van der Waals surface area contributed by atoms with Gasteiger partial charge in [-0.25, -0.2) is 4.98 Å². The molecule has 0 bridgehead atoms. The van der Waals surface area contributed by atoms with E-state index in [1.165, 1.54) is 18.4 Å². The van der Waals surface area contributed by atoms with Crippen molar-refractivity contribution in [1.29, 1.82) is 0 Å². The molecular formula is C14H15N3S. The lowest BCUT2D eigenvalue weighted by molar-refractivity contribution is 0.915. The number of rotatable bonds is 4. The summed E-state index contributed by atoms with van der Waals surface area (Å²) in [4.78, 5) is 7.70. The standard InChI is InChI=1S/C14H15N3S/c18-13-8-12(16-14(17-13)11-6-7-11)15-9-10-4-2-1-3-5-10/h1-5,8,11H,6-7,9H2,(H2,15,16,17,18). The molecular weight excluding hydrogens is 242 g/mol. The van der Waals surface area contributed by atoms with Crippen LogP contribution in [0.4, 0.5) is 5.82 Å². The van der Waals surface area contributed by atoms with Crippen molar-refractivity contribution in [2.24, 2.45) is 0 Å². The highest BCUT2D eigenvalue weighted by Gasteiger charge is 2.25. The highest BCUT2D eigenvalue weighted by Crippen LogP contribution is 2.38. The predicted molar refractivity (Wildman–Crippen MR) is 75.2 cm³/mol. The van der Waals surface area contributed by atoms with Crippen LogP contribution in [0, 0.1) is 4.64 Å². The SMILES string of the molecule is S=c1cc(NCc2ccccc2)[nH]c(C2CC2)n1. The van der Waals surface area contributed by atoms with Crippen molar-refractivity contribution in [3.05, 3.63) is 52.4 Å². The Kier molecular flexibility index (Phi) is 3.11. The molecule has 92 valence electrons. The number of aromatic amines is 1. The summed E-state index contributed by atoms with van der Waals surface area (Å²) < 4.78 is 0.659. The second-order valence-corrected chi connectivity index (χ2v) is 5.05. The van der Waals surface area contributed by atoms with Crippen LogP contribution in [0.1, 0.15) is 30.1 Å². The Hall–Kier alpha value is -1.68. The first-order valence-corrected chi connectivity index (χ1v) is 6.61. The van der Waals surface area contributed by atoms with Crippen LogP contribution in [0.2, 0.25) is 0 Å². The Morgan fingerprint density at radius 2 is 2.06 bits per heavy atom. The first-order chi connectivity index (χ1) is 8.81. The third-order valence-corrected chi connectivity index (χ3v) is 3.26. The van der Waals surface area contributed by atoms with E-state index < -0.39 is 0 Å². The molecule has 3 rings (SSSR count). The summed E-state index contributed by atoms with van der Waals surface area (Å²) >= 11 is 5.19. The topological polar surface area (TPSA) is 40.7 Å². The van der Waals surface area contributed by atoms with Crippen molar-refractivity contribution >= 4 is 18.0 Å². The highest BCUT2D eigenvalue weighted by molar-refractivity contribution is 7.71. The minimum atomic E-state index is 0.588. The summed E-state index contributed by atoms with van der Waals surface area (Å²) in [5.74, 6) is 2.57. The monoisotopic (exact) mass is 257 g/mol. The van der Waals surface area contributed by atoms with Crippen molar-refractivity contribution in [1.82, 2.24) is 9.97 Å². The zero-order valence-electron chi connectivity index (χ0n) is 10.0. The van der Waals surface area contributed by atoms with Crippen molar-refractivity contribution in [2.75, 3.05) is 5.32 Å². The molecule has 0 radical (unpaired) electrons. The molecule has 0 amide bonds. The second-order valence-electron chi connectivity index (χ2n) is 4.63. The first-order valence-electron chi connectivity index (χ1n) is 6.20. The van der Waals surface area contributed by atoms with E-state index in [1.807, 2.05) is 24.3 Å². The van der Waals surface area contributed by atoms with Crippen LogP contribution < -0.4 is 5.32 Å². The number of nitrogens with zero attached hydrogens (tertiary/aromatic N) is 1. The summed E-state index contributed by atoms with van der Waals surface area (Å²) in [6.45, 7) is 0.792. The van der Waals surface area contributed by atoms with Gasteiger partial charge in [-0.15, -0.1) is 0 Å². The maximum atomic E-state index is 5.19. The number of H-pyrrole nitrogens is 1. The van der Waals surface area contributed by atoms with Gasteiger partial charge in [-0.1, -0.05) is 42.5 Å². The second kappa shape index (κ2) is 4.90. The zero-order valence-corrected chi connectivity index (χ0v) is 10.8. The fourth-order valence-electron chi connectivity index (χ4n) is 1.91. The van der Waals surface area contributed by atoms with Crippen LogP contribution in [0.15, 0.2) is 36.4 Å². The molecule has 1 aliphatic rings. The zero-order chi connectivity index (χ0) is 12.4. The molecule has 3 nitrogen and oxygen atoms in total. The molecule has 0 atom stereocenters. The Morgan fingerprint density at radius 3 is 2.78 bits per heavy atom. The van der Waals surface area contributed by atoms with E-state index >= 15 is 0 Å². The fraction of sp³-hybridized carbons (Fsp3) is 0.286. The van der Waals surface area contributed by atoms with Gasteiger partial charge in [0.25, 0.3) is 0 Å². The molecule has 1 aromatic heterocycles. The molecule has 1 aromatic carbocycles. The van der Waals surface area contributed by atoms with Crippen LogP contribution in [-0.4, -0.2) is 9.97 Å². The van der Waals surface area contributed by atoms with Gasteiger partial charge in [0.2, 0.25) is 0 Å². The van der Waals surface area contributed by atoms with Crippen LogP contribution in [0.25, 0.3) is 0 Å². The predicted octanol–water partition coefficient (Wildman–Crippen LogP) is 3.63. The van der Waals surface area contributed by atoms with Crippen LogP contribution in [0.5, 0.6) is 0 Å². The van der Waals surface area contributed by atoms with Gasteiger partial charge >= 0.3 is 0 Å². The molecule has 1 fully saturated rings. The van der Waals surface area contributed by atoms with E-state index in [1.54, 1.807) is 0 Å². The highest BCUT2D eigenvalue weighted by atomic mass is 32.1. The molecule has 2 N–H and O–H groups in total. The average Bonchev–Trinajstić information content (AvgIpc) is 3.21. The van der Waals surface area contributed by atoms with Gasteiger partial charge in [0, 0.05) is 18.5 Å². The van der Waals surface area contributed by atoms with E-state index in [9.17, 15) is 0 Å². The lowest BCUT2D eigenvalue weighted by Gasteiger charge is -2.08. The molecule has 0 spiro atoms. The summed E-state index contributed by atoms with van der Waals surface area (Å²) in [5, 5.41) is 3.36. The minimum Gasteiger partial charge on any atom is -0.367 e. The molecule has 18 heavy (non-hydrogen) atoms. The van der Waals surface area contributed by atoms with Crippen LogP contribution >= 0.6 is 12.2 Å². The summed E-state index contributed by atoms with van der Waals surface area (Å²) in [7, 11) is 0. The van der Waals surface area contributed by atoms with E-state index in [4.69, 9.17) is 12.2 Å². The van der Waals surface area contributed by atoms with Gasteiger partial charge in [-0.3, -0.25) is 0 Å². The van der Waals surface area contributed by atoms with Crippen molar-refractivity contribution in [2.45, 2.75) is 25.3 Å². The molecule has 0 aliphatic heterocycles. The normalized spacial score (nSPS) is 14.4. The Labute approximate surface area is 111 Å². The van der Waals surface area contributed by atoms with Gasteiger partial charge in [0.05, 0.1) is 0 Å². The molecule has 0 saturated heterocycles. The van der Waals surface area contributed by atoms with E-state index in [0.717, 1.165) is 18.2 Å². The lowest BCUT2D eigenvalue weighted by atomic mass is 10.2.